The molecule has 1 atom stereocenters. The van der Waals surface area contributed by atoms with E-state index in [-0.39, 0.29) is 36.4 Å². The van der Waals surface area contributed by atoms with Crippen LogP contribution in [0.3, 0.4) is 0 Å². The number of hydrogen-bond donors (Lipinski definition) is 0. The smallest absolute Gasteiger partial charge is 0.265 e. The fourth-order valence-electron chi connectivity index (χ4n) is 4.49. The lowest BCUT2D eigenvalue weighted by atomic mass is 9.86. The topological polar surface area (TPSA) is 93.5 Å². The number of hydrogen-bond acceptors (Lipinski definition) is 6. The van der Waals surface area contributed by atoms with Gasteiger partial charge in [-0.05, 0) is 36.0 Å². The Kier molecular flexibility index (Phi) is 5.55. The molecule has 1 aromatic carbocycles. The Balaban J connectivity index is 1.39. The molecule has 34 heavy (non-hydrogen) atoms. The Morgan fingerprint density at radius 3 is 2.82 bits per heavy atom. The Hall–Kier alpha value is -3.75. The summed E-state index contributed by atoms with van der Waals surface area (Å²) in [5, 5.41) is 0. The van der Waals surface area contributed by atoms with Crippen LogP contribution < -0.4 is 9.64 Å². The van der Waals surface area contributed by atoms with Crippen molar-refractivity contribution in [3.8, 4) is 11.6 Å². The second kappa shape index (κ2) is 8.55. The summed E-state index contributed by atoms with van der Waals surface area (Å²) < 4.78 is 7.42. The molecule has 0 unspecified atom stereocenters. The van der Waals surface area contributed by atoms with Gasteiger partial charge in [0, 0.05) is 18.9 Å². The molecule has 0 bridgehead atoms. The second-order valence-electron chi connectivity index (χ2n) is 9.72. The molecule has 2 aliphatic heterocycles. The highest BCUT2D eigenvalue weighted by Crippen LogP contribution is 2.37. The summed E-state index contributed by atoms with van der Waals surface area (Å²) in [5.41, 5.74) is 2.37. The minimum Gasteiger partial charge on any atom is -0.482 e. The van der Waals surface area contributed by atoms with Crippen molar-refractivity contribution in [1.82, 2.24) is 24.4 Å². The zero-order valence-electron chi connectivity index (χ0n) is 19.6. The molecule has 0 radical (unpaired) electrons. The van der Waals surface area contributed by atoms with E-state index < -0.39 is 0 Å². The summed E-state index contributed by atoms with van der Waals surface area (Å²) in [6.07, 6.45) is 10.2. The van der Waals surface area contributed by atoms with Gasteiger partial charge in [-0.2, -0.15) is 0 Å². The predicted molar refractivity (Wildman–Crippen MR) is 126 cm³/mol. The van der Waals surface area contributed by atoms with Gasteiger partial charge in [0.1, 0.15) is 18.6 Å². The average molecular weight is 461 g/mol. The molecule has 3 aromatic rings. The minimum absolute atomic E-state index is 0.0338. The molecule has 0 spiro atoms. The largest absolute Gasteiger partial charge is 0.482 e. The Morgan fingerprint density at radius 2 is 2.06 bits per heavy atom. The third kappa shape index (κ3) is 4.13. The van der Waals surface area contributed by atoms with E-state index in [1.54, 1.807) is 40.6 Å². The SMILES string of the molecule is CC(C)(C)c1ccc2c(c1)N(CC(=O)N1CCC[C@@H]1c1cncc(-n3ccnc3)n1)C(=O)CO2. The number of carbonyl (C=O) groups excluding carboxylic acids is 2. The van der Waals surface area contributed by atoms with Crippen LogP contribution in [0.5, 0.6) is 5.75 Å². The van der Waals surface area contributed by atoms with Crippen LogP contribution in [0.4, 0.5) is 5.69 Å². The van der Waals surface area contributed by atoms with Crippen LogP contribution in [0.15, 0.2) is 49.3 Å². The van der Waals surface area contributed by atoms with Crippen molar-refractivity contribution in [3.05, 3.63) is 60.6 Å². The van der Waals surface area contributed by atoms with Gasteiger partial charge in [-0.15, -0.1) is 0 Å². The molecular weight excluding hydrogens is 432 g/mol. The number of amides is 2. The standard InChI is InChI=1S/C25H28N6O3/c1-25(2,3)17-6-7-21-20(11-17)31(24(33)15-34-21)14-23(32)30-9-4-5-19(30)18-12-27-13-22(28-18)29-10-8-26-16-29/h6-8,10-13,16,19H,4-5,9,14-15H2,1-3H3/t19-/m1/s1. The molecule has 176 valence electrons. The van der Waals surface area contributed by atoms with Crippen molar-refractivity contribution in [2.24, 2.45) is 0 Å². The number of carbonyl (C=O) groups is 2. The number of fused-ring (bicyclic) bond motifs is 1. The minimum atomic E-state index is -0.218. The first kappa shape index (κ1) is 22.1. The molecule has 0 aliphatic carbocycles. The van der Waals surface area contributed by atoms with Crippen molar-refractivity contribution >= 4 is 17.5 Å². The monoisotopic (exact) mass is 460 g/mol. The van der Waals surface area contributed by atoms with E-state index in [2.05, 4.69) is 30.7 Å². The van der Waals surface area contributed by atoms with Gasteiger partial charge in [0.15, 0.2) is 12.4 Å². The summed E-state index contributed by atoms with van der Waals surface area (Å²) in [4.78, 5) is 42.8. The first-order chi connectivity index (χ1) is 16.3. The van der Waals surface area contributed by atoms with E-state index in [4.69, 9.17) is 9.72 Å². The van der Waals surface area contributed by atoms with Crippen LogP contribution in [0, 0.1) is 0 Å². The fraction of sp³-hybridized carbons (Fsp3) is 0.400. The van der Waals surface area contributed by atoms with Crippen molar-refractivity contribution in [1.29, 1.82) is 0 Å². The van der Waals surface area contributed by atoms with Crippen molar-refractivity contribution in [3.63, 3.8) is 0 Å². The quantitative estimate of drug-likeness (QED) is 0.594. The Bertz CT molecular complexity index is 1220. The number of rotatable bonds is 4. The van der Waals surface area contributed by atoms with Crippen LogP contribution in [0.25, 0.3) is 5.82 Å². The molecule has 2 aromatic heterocycles. The first-order valence-electron chi connectivity index (χ1n) is 11.5. The van der Waals surface area contributed by atoms with Crippen LogP contribution in [-0.2, 0) is 15.0 Å². The van der Waals surface area contributed by atoms with Crippen LogP contribution >= 0.6 is 0 Å². The maximum atomic E-state index is 13.5. The van der Waals surface area contributed by atoms with Gasteiger partial charge in [-0.25, -0.2) is 9.97 Å². The predicted octanol–water partition coefficient (Wildman–Crippen LogP) is 3.05. The fourth-order valence-corrected chi connectivity index (χ4v) is 4.49. The van der Waals surface area contributed by atoms with Gasteiger partial charge in [0.2, 0.25) is 5.91 Å². The molecular formula is C25H28N6O3. The zero-order valence-corrected chi connectivity index (χ0v) is 19.6. The number of nitrogens with zero attached hydrogens (tertiary/aromatic N) is 6. The zero-order chi connectivity index (χ0) is 23.9. The normalized spacial score (nSPS) is 18.1. The van der Waals surface area contributed by atoms with Crippen LogP contribution in [0.1, 0.15) is 50.9 Å². The van der Waals surface area contributed by atoms with Gasteiger partial charge in [0.05, 0.1) is 29.8 Å². The highest BCUT2D eigenvalue weighted by atomic mass is 16.5. The van der Waals surface area contributed by atoms with E-state index in [0.29, 0.717) is 23.8 Å². The Morgan fingerprint density at radius 1 is 1.21 bits per heavy atom. The molecule has 1 fully saturated rings. The molecule has 0 saturated carbocycles. The lowest BCUT2D eigenvalue weighted by Crippen LogP contribution is -2.46. The third-order valence-electron chi connectivity index (χ3n) is 6.39. The third-order valence-corrected chi connectivity index (χ3v) is 6.39. The molecule has 2 aliphatic rings. The van der Waals surface area contributed by atoms with Crippen LogP contribution in [0.2, 0.25) is 0 Å². The van der Waals surface area contributed by atoms with E-state index in [9.17, 15) is 9.59 Å². The first-order valence-corrected chi connectivity index (χ1v) is 11.5. The van der Waals surface area contributed by atoms with E-state index >= 15 is 0 Å². The number of likely N-dealkylation sites (tertiary alicyclic amines) is 1. The number of anilines is 1. The van der Waals surface area contributed by atoms with E-state index in [0.717, 1.165) is 24.1 Å². The van der Waals surface area contributed by atoms with Gasteiger partial charge < -0.3 is 9.64 Å². The van der Waals surface area contributed by atoms with Crippen molar-refractivity contribution < 1.29 is 14.3 Å². The lowest BCUT2D eigenvalue weighted by molar-refractivity contribution is -0.132. The lowest BCUT2D eigenvalue weighted by Gasteiger charge is -2.33. The number of imidazole rings is 1. The molecule has 9 heteroatoms. The number of ether oxygens (including phenoxy) is 1. The second-order valence-corrected chi connectivity index (χ2v) is 9.72. The molecule has 5 rings (SSSR count). The molecule has 9 nitrogen and oxygen atoms in total. The highest BCUT2D eigenvalue weighted by Gasteiger charge is 2.35. The maximum absolute atomic E-state index is 13.5. The maximum Gasteiger partial charge on any atom is 0.265 e. The Labute approximate surface area is 198 Å². The highest BCUT2D eigenvalue weighted by molar-refractivity contribution is 6.02. The van der Waals surface area contributed by atoms with Gasteiger partial charge in [-0.3, -0.25) is 24.0 Å². The van der Waals surface area contributed by atoms with E-state index in [1.807, 2.05) is 23.1 Å². The summed E-state index contributed by atoms with van der Waals surface area (Å²) in [5.74, 6) is 0.947. The van der Waals surface area contributed by atoms with E-state index in [1.165, 1.54) is 0 Å². The van der Waals surface area contributed by atoms with Gasteiger partial charge in [0.25, 0.3) is 5.91 Å². The molecule has 4 heterocycles. The van der Waals surface area contributed by atoms with Crippen LogP contribution in [-0.4, -0.2) is 55.9 Å². The summed E-state index contributed by atoms with van der Waals surface area (Å²) >= 11 is 0. The van der Waals surface area contributed by atoms with Gasteiger partial charge in [-0.1, -0.05) is 26.8 Å². The summed E-state index contributed by atoms with van der Waals surface area (Å²) in [7, 11) is 0. The van der Waals surface area contributed by atoms with Gasteiger partial charge >= 0.3 is 0 Å². The summed E-state index contributed by atoms with van der Waals surface area (Å²) in [6.45, 7) is 6.86. The average Bonchev–Trinajstić information content (AvgIpc) is 3.53. The molecule has 1 saturated heterocycles. The number of aromatic nitrogens is 4. The molecule has 2 amide bonds. The van der Waals surface area contributed by atoms with Crippen molar-refractivity contribution in [2.75, 3.05) is 24.6 Å². The van der Waals surface area contributed by atoms with Crippen molar-refractivity contribution in [2.45, 2.75) is 45.1 Å². The summed E-state index contributed by atoms with van der Waals surface area (Å²) in [6, 6.07) is 5.67. The molecule has 0 N–H and O–H groups in total. The number of benzene rings is 1.